The van der Waals surface area contributed by atoms with Crippen molar-refractivity contribution in [3.05, 3.63) is 0 Å². The third kappa shape index (κ3) is 3.56. The van der Waals surface area contributed by atoms with Crippen molar-refractivity contribution in [2.45, 2.75) is 58.6 Å². The number of rotatable bonds is 3. The average Bonchev–Trinajstić information content (AvgIpc) is 2.15. The summed E-state index contributed by atoms with van der Waals surface area (Å²) in [7, 11) is 0. The van der Waals surface area contributed by atoms with Crippen molar-refractivity contribution >= 4 is 0 Å². The maximum absolute atomic E-state index is 9.16. The van der Waals surface area contributed by atoms with Crippen LogP contribution in [0.15, 0.2) is 0 Å². The highest BCUT2D eigenvalue weighted by molar-refractivity contribution is 4.79. The smallest absolute Gasteiger partial charge is 0.140 e. The van der Waals surface area contributed by atoms with E-state index in [4.69, 9.17) is 9.94 Å². The first-order chi connectivity index (χ1) is 6.47. The minimum atomic E-state index is -0.467. The van der Waals surface area contributed by atoms with Crippen molar-refractivity contribution in [3.63, 3.8) is 0 Å². The van der Waals surface area contributed by atoms with Gasteiger partial charge in [0, 0.05) is 0 Å². The van der Waals surface area contributed by atoms with E-state index in [0.29, 0.717) is 6.61 Å². The Bertz CT molecular complexity index is 169. The van der Waals surface area contributed by atoms with Crippen LogP contribution in [0.3, 0.4) is 0 Å². The molecule has 3 heteroatoms. The number of nitrogens with one attached hydrogen (secondary N) is 1. The van der Waals surface area contributed by atoms with Crippen LogP contribution in [0.2, 0.25) is 0 Å². The Morgan fingerprint density at radius 1 is 1.21 bits per heavy atom. The fourth-order valence-corrected chi connectivity index (χ4v) is 1.77. The number of hydroxylamine groups is 1. The molecule has 1 rings (SSSR count). The Labute approximate surface area is 86.8 Å². The largest absolute Gasteiger partial charge is 0.358 e. The van der Waals surface area contributed by atoms with Crippen LogP contribution in [0.1, 0.15) is 52.9 Å². The van der Waals surface area contributed by atoms with Gasteiger partial charge in [-0.2, -0.15) is 5.48 Å². The highest BCUT2D eigenvalue weighted by atomic mass is 16.6. The molecule has 0 aromatic rings. The zero-order valence-electron chi connectivity index (χ0n) is 9.60. The Kier molecular flexibility index (Phi) is 3.93. The van der Waals surface area contributed by atoms with Gasteiger partial charge < -0.3 is 9.94 Å². The van der Waals surface area contributed by atoms with Crippen LogP contribution >= 0.6 is 0 Å². The molecule has 0 aromatic carbocycles. The summed E-state index contributed by atoms with van der Waals surface area (Å²) in [6, 6.07) is 0. The van der Waals surface area contributed by atoms with Gasteiger partial charge in [0.05, 0.1) is 6.61 Å². The maximum atomic E-state index is 9.16. The lowest BCUT2D eigenvalue weighted by atomic mass is 9.91. The Morgan fingerprint density at radius 3 is 2.21 bits per heavy atom. The Hall–Kier alpha value is -0.120. The van der Waals surface area contributed by atoms with Gasteiger partial charge in [-0.3, -0.25) is 0 Å². The van der Waals surface area contributed by atoms with Gasteiger partial charge in [-0.1, -0.05) is 27.2 Å². The quantitative estimate of drug-likeness (QED) is 0.545. The van der Waals surface area contributed by atoms with Crippen molar-refractivity contribution in [1.29, 1.82) is 0 Å². The van der Waals surface area contributed by atoms with Gasteiger partial charge in [0.1, 0.15) is 5.72 Å². The molecule has 0 amide bonds. The van der Waals surface area contributed by atoms with Crippen molar-refractivity contribution < 1.29 is 9.94 Å². The molecule has 0 heterocycles. The van der Waals surface area contributed by atoms with Gasteiger partial charge in [-0.05, 0) is 31.1 Å². The summed E-state index contributed by atoms with van der Waals surface area (Å²) in [6.45, 7) is 7.10. The third-order valence-electron chi connectivity index (χ3n) is 2.65. The molecule has 84 valence electrons. The molecule has 0 spiro atoms. The lowest BCUT2D eigenvalue weighted by molar-refractivity contribution is -0.171. The van der Waals surface area contributed by atoms with Gasteiger partial charge in [0.15, 0.2) is 0 Å². The predicted octanol–water partition coefficient (Wildman–Crippen LogP) is 2.69. The molecule has 14 heavy (non-hydrogen) atoms. The van der Waals surface area contributed by atoms with Crippen LogP contribution in [-0.4, -0.2) is 17.5 Å². The normalized spacial score (nSPS) is 22.3. The van der Waals surface area contributed by atoms with E-state index in [1.54, 1.807) is 0 Å². The maximum Gasteiger partial charge on any atom is 0.140 e. The van der Waals surface area contributed by atoms with Crippen LogP contribution in [0, 0.1) is 5.41 Å². The summed E-state index contributed by atoms with van der Waals surface area (Å²) in [6.07, 6.45) is 5.36. The zero-order valence-corrected chi connectivity index (χ0v) is 9.60. The Morgan fingerprint density at radius 2 is 1.79 bits per heavy atom. The second-order valence-corrected chi connectivity index (χ2v) is 5.52. The fourth-order valence-electron chi connectivity index (χ4n) is 1.77. The minimum absolute atomic E-state index is 0.154. The van der Waals surface area contributed by atoms with Gasteiger partial charge in [0.2, 0.25) is 0 Å². The van der Waals surface area contributed by atoms with E-state index in [1.165, 1.54) is 6.42 Å². The van der Waals surface area contributed by atoms with Crippen LogP contribution < -0.4 is 5.48 Å². The summed E-state index contributed by atoms with van der Waals surface area (Å²) in [5.74, 6) is 0. The molecule has 2 N–H and O–H groups in total. The molecule has 0 aromatic heterocycles. The van der Waals surface area contributed by atoms with Crippen molar-refractivity contribution in [3.8, 4) is 0 Å². The summed E-state index contributed by atoms with van der Waals surface area (Å²) in [4.78, 5) is 0. The highest BCUT2D eigenvalue weighted by Gasteiger charge is 2.33. The molecule has 0 unspecified atom stereocenters. The summed E-state index contributed by atoms with van der Waals surface area (Å²) >= 11 is 0. The second kappa shape index (κ2) is 4.60. The molecule has 0 aliphatic heterocycles. The number of hydrogen-bond donors (Lipinski definition) is 2. The number of ether oxygens (including phenoxy) is 1. The lowest BCUT2D eigenvalue weighted by Crippen LogP contribution is -2.48. The highest BCUT2D eigenvalue weighted by Crippen LogP contribution is 2.30. The van der Waals surface area contributed by atoms with E-state index < -0.39 is 5.72 Å². The molecule has 0 radical (unpaired) electrons. The van der Waals surface area contributed by atoms with E-state index >= 15 is 0 Å². The molecule has 1 aliphatic rings. The predicted molar refractivity (Wildman–Crippen MR) is 56.1 cm³/mol. The van der Waals surface area contributed by atoms with Crippen LogP contribution in [0.4, 0.5) is 0 Å². The SMILES string of the molecule is CC(C)(C)COC1(NO)CCCCC1. The monoisotopic (exact) mass is 201 g/mol. The molecule has 1 aliphatic carbocycles. The molecule has 1 saturated carbocycles. The molecule has 0 atom stereocenters. The molecule has 0 bridgehead atoms. The lowest BCUT2D eigenvalue weighted by Gasteiger charge is -2.37. The second-order valence-electron chi connectivity index (χ2n) is 5.52. The molecular formula is C11H23NO2. The van der Waals surface area contributed by atoms with Gasteiger partial charge in [-0.15, -0.1) is 0 Å². The van der Waals surface area contributed by atoms with Gasteiger partial charge in [-0.25, -0.2) is 0 Å². The number of hydrogen-bond acceptors (Lipinski definition) is 3. The molecule has 1 fully saturated rings. The van der Waals surface area contributed by atoms with E-state index in [0.717, 1.165) is 25.7 Å². The van der Waals surface area contributed by atoms with Crippen molar-refractivity contribution in [2.24, 2.45) is 5.41 Å². The van der Waals surface area contributed by atoms with Gasteiger partial charge in [0.25, 0.3) is 0 Å². The van der Waals surface area contributed by atoms with Crippen LogP contribution in [0.5, 0.6) is 0 Å². The van der Waals surface area contributed by atoms with E-state index in [-0.39, 0.29) is 5.41 Å². The van der Waals surface area contributed by atoms with Crippen LogP contribution in [-0.2, 0) is 4.74 Å². The third-order valence-corrected chi connectivity index (χ3v) is 2.65. The van der Waals surface area contributed by atoms with E-state index in [9.17, 15) is 0 Å². The first-order valence-corrected chi connectivity index (χ1v) is 5.53. The standard InChI is InChI=1S/C11H23NO2/c1-10(2,3)9-14-11(12-13)7-5-4-6-8-11/h12-13H,4-9H2,1-3H3. The first kappa shape index (κ1) is 12.0. The zero-order chi connectivity index (χ0) is 10.7. The average molecular weight is 201 g/mol. The Balaban J connectivity index is 2.44. The molecular weight excluding hydrogens is 178 g/mol. The van der Waals surface area contributed by atoms with Crippen LogP contribution in [0.25, 0.3) is 0 Å². The molecule has 0 saturated heterocycles. The van der Waals surface area contributed by atoms with E-state index in [1.807, 2.05) is 0 Å². The minimum Gasteiger partial charge on any atom is -0.358 e. The summed E-state index contributed by atoms with van der Waals surface area (Å²) in [5, 5.41) is 9.16. The summed E-state index contributed by atoms with van der Waals surface area (Å²) < 4.78 is 5.82. The summed E-state index contributed by atoms with van der Waals surface area (Å²) in [5.41, 5.74) is 2.06. The topological polar surface area (TPSA) is 41.5 Å². The van der Waals surface area contributed by atoms with Crippen molar-refractivity contribution in [2.75, 3.05) is 6.61 Å². The van der Waals surface area contributed by atoms with Gasteiger partial charge >= 0.3 is 0 Å². The van der Waals surface area contributed by atoms with E-state index in [2.05, 4.69) is 26.3 Å². The first-order valence-electron chi connectivity index (χ1n) is 5.53. The molecule has 3 nitrogen and oxygen atoms in total. The van der Waals surface area contributed by atoms with Crippen molar-refractivity contribution in [1.82, 2.24) is 5.48 Å². The fraction of sp³-hybridized carbons (Fsp3) is 1.00.